The van der Waals surface area contributed by atoms with E-state index in [0.29, 0.717) is 11.4 Å². The summed E-state index contributed by atoms with van der Waals surface area (Å²) in [5, 5.41) is 4.11. The molecule has 5 heteroatoms. The quantitative estimate of drug-likeness (QED) is 0.794. The normalized spacial score (nSPS) is 11.5. The molecule has 2 rings (SSSR count). The summed E-state index contributed by atoms with van der Waals surface area (Å²) in [7, 11) is 0. The van der Waals surface area contributed by atoms with E-state index in [4.69, 9.17) is 0 Å². The molecule has 2 aromatic rings. The fourth-order valence-electron chi connectivity index (χ4n) is 1.67. The van der Waals surface area contributed by atoms with Gasteiger partial charge in [0.2, 0.25) is 0 Å². The molecule has 0 spiro atoms. The van der Waals surface area contributed by atoms with Gasteiger partial charge in [-0.15, -0.1) is 0 Å². The van der Waals surface area contributed by atoms with Crippen LogP contribution in [0.4, 0.5) is 0 Å². The Morgan fingerprint density at radius 3 is 2.93 bits per heavy atom. The van der Waals surface area contributed by atoms with Crippen molar-refractivity contribution in [1.82, 2.24) is 19.6 Å². The van der Waals surface area contributed by atoms with E-state index >= 15 is 0 Å². The molecule has 2 aromatic heterocycles. The van der Waals surface area contributed by atoms with E-state index < -0.39 is 0 Å². The van der Waals surface area contributed by atoms with Gasteiger partial charge in [-0.3, -0.25) is 4.79 Å². The van der Waals surface area contributed by atoms with Crippen molar-refractivity contribution in [2.75, 3.05) is 0 Å². The van der Waals surface area contributed by atoms with Crippen molar-refractivity contribution in [2.45, 2.75) is 27.2 Å². The number of rotatable bonds is 2. The highest BCUT2D eigenvalue weighted by Crippen LogP contribution is 2.10. The molecule has 0 aliphatic heterocycles. The summed E-state index contributed by atoms with van der Waals surface area (Å²) in [5.74, 6) is 1.35. The first-order valence-corrected chi connectivity index (χ1v) is 5.01. The number of hydrogen-bond acceptors (Lipinski definition) is 3. The molecule has 80 valence electrons. The molecule has 0 aliphatic carbocycles. The number of aromatic amines is 1. The van der Waals surface area contributed by atoms with Crippen molar-refractivity contribution < 1.29 is 0 Å². The third kappa shape index (κ3) is 1.65. The Labute approximate surface area is 87.2 Å². The van der Waals surface area contributed by atoms with Crippen LogP contribution in [0.15, 0.2) is 11.1 Å². The van der Waals surface area contributed by atoms with E-state index in [9.17, 15) is 4.79 Å². The van der Waals surface area contributed by atoms with Crippen LogP contribution in [0.5, 0.6) is 0 Å². The Balaban J connectivity index is 2.68. The van der Waals surface area contributed by atoms with Gasteiger partial charge in [-0.2, -0.15) is 5.10 Å². The van der Waals surface area contributed by atoms with Gasteiger partial charge in [0, 0.05) is 6.42 Å². The van der Waals surface area contributed by atoms with Gasteiger partial charge in [-0.1, -0.05) is 13.8 Å². The van der Waals surface area contributed by atoms with Gasteiger partial charge >= 0.3 is 0 Å². The van der Waals surface area contributed by atoms with Gasteiger partial charge < -0.3 is 4.98 Å². The Morgan fingerprint density at radius 1 is 1.53 bits per heavy atom. The van der Waals surface area contributed by atoms with Gasteiger partial charge in [-0.05, 0) is 12.8 Å². The molecule has 1 N–H and O–H groups in total. The molecule has 2 heterocycles. The number of fused-ring (bicyclic) bond motifs is 1. The molecule has 0 saturated carbocycles. The molecule has 0 amide bonds. The minimum Gasteiger partial charge on any atom is -0.310 e. The largest absolute Gasteiger partial charge is 0.310 e. The molecule has 0 saturated heterocycles. The van der Waals surface area contributed by atoms with Crippen molar-refractivity contribution in [2.24, 2.45) is 5.92 Å². The van der Waals surface area contributed by atoms with Crippen molar-refractivity contribution in [3.05, 3.63) is 28.2 Å². The maximum absolute atomic E-state index is 11.5. The van der Waals surface area contributed by atoms with Gasteiger partial charge in [0.25, 0.3) is 5.56 Å². The van der Waals surface area contributed by atoms with Crippen LogP contribution in [-0.2, 0) is 6.42 Å². The molecule has 0 atom stereocenters. The van der Waals surface area contributed by atoms with E-state index in [1.54, 1.807) is 4.52 Å². The number of imidazole rings is 1. The summed E-state index contributed by atoms with van der Waals surface area (Å²) < 4.78 is 1.63. The Hall–Kier alpha value is -1.65. The van der Waals surface area contributed by atoms with Crippen LogP contribution in [0.1, 0.15) is 25.4 Å². The maximum atomic E-state index is 11.5. The third-order valence-corrected chi connectivity index (χ3v) is 2.27. The fraction of sp³-hybridized carbons (Fsp3) is 0.500. The zero-order valence-corrected chi connectivity index (χ0v) is 9.11. The zero-order valence-electron chi connectivity index (χ0n) is 9.11. The summed E-state index contributed by atoms with van der Waals surface area (Å²) in [6, 6.07) is 0. The topological polar surface area (TPSA) is 63.1 Å². The zero-order chi connectivity index (χ0) is 11.0. The van der Waals surface area contributed by atoms with Crippen LogP contribution in [0, 0.1) is 12.8 Å². The maximum Gasteiger partial charge on any atom is 0.277 e. The summed E-state index contributed by atoms with van der Waals surface area (Å²) in [6.07, 6.45) is 2.23. The average Bonchev–Trinajstić information content (AvgIpc) is 2.44. The van der Waals surface area contributed by atoms with Crippen LogP contribution in [0.25, 0.3) is 5.52 Å². The molecule has 15 heavy (non-hydrogen) atoms. The Bertz CT molecular complexity index is 538. The van der Waals surface area contributed by atoms with E-state index in [2.05, 4.69) is 28.9 Å². The molecule has 0 aromatic carbocycles. The minimum absolute atomic E-state index is 0.134. The first-order chi connectivity index (χ1) is 7.09. The molecule has 0 radical (unpaired) electrons. The lowest BCUT2D eigenvalue weighted by atomic mass is 10.1. The SMILES string of the molecule is Cc1nc(CC(C)C)n2nc[nH]c(=O)c12. The van der Waals surface area contributed by atoms with Crippen molar-refractivity contribution in [3.8, 4) is 0 Å². The van der Waals surface area contributed by atoms with Crippen LogP contribution in [0.2, 0.25) is 0 Å². The Kier molecular flexibility index (Phi) is 2.30. The molecule has 0 aliphatic rings. The second kappa shape index (κ2) is 3.49. The van der Waals surface area contributed by atoms with Gasteiger partial charge in [-0.25, -0.2) is 9.50 Å². The van der Waals surface area contributed by atoms with Crippen molar-refractivity contribution in [1.29, 1.82) is 0 Å². The minimum atomic E-state index is -0.134. The highest BCUT2D eigenvalue weighted by atomic mass is 16.1. The molecular weight excluding hydrogens is 192 g/mol. The van der Waals surface area contributed by atoms with Crippen LogP contribution < -0.4 is 5.56 Å². The number of aromatic nitrogens is 4. The smallest absolute Gasteiger partial charge is 0.277 e. The number of aryl methyl sites for hydroxylation is 1. The second-order valence-electron chi connectivity index (χ2n) is 4.09. The predicted octanol–water partition coefficient (Wildman–Crippen LogP) is 0.925. The summed E-state index contributed by atoms with van der Waals surface area (Å²) in [5.41, 5.74) is 1.15. The number of nitrogens with zero attached hydrogens (tertiary/aromatic N) is 3. The number of H-pyrrole nitrogens is 1. The fourth-order valence-corrected chi connectivity index (χ4v) is 1.67. The monoisotopic (exact) mass is 206 g/mol. The highest BCUT2D eigenvalue weighted by Gasteiger charge is 2.12. The lowest BCUT2D eigenvalue weighted by Gasteiger charge is -2.01. The molecule has 0 fully saturated rings. The van der Waals surface area contributed by atoms with E-state index in [-0.39, 0.29) is 5.56 Å². The Morgan fingerprint density at radius 2 is 2.27 bits per heavy atom. The molecular formula is C10H14N4O. The van der Waals surface area contributed by atoms with Crippen molar-refractivity contribution >= 4 is 5.52 Å². The lowest BCUT2D eigenvalue weighted by Crippen LogP contribution is -2.13. The third-order valence-electron chi connectivity index (χ3n) is 2.27. The van der Waals surface area contributed by atoms with Crippen LogP contribution in [0.3, 0.4) is 0 Å². The van der Waals surface area contributed by atoms with Gasteiger partial charge in [0.15, 0.2) is 5.52 Å². The predicted molar refractivity (Wildman–Crippen MR) is 56.9 cm³/mol. The van der Waals surface area contributed by atoms with Crippen molar-refractivity contribution in [3.63, 3.8) is 0 Å². The van der Waals surface area contributed by atoms with Crippen LogP contribution >= 0.6 is 0 Å². The van der Waals surface area contributed by atoms with E-state index in [0.717, 1.165) is 17.9 Å². The molecule has 5 nitrogen and oxygen atoms in total. The van der Waals surface area contributed by atoms with E-state index in [1.807, 2.05) is 6.92 Å². The molecule has 0 bridgehead atoms. The summed E-state index contributed by atoms with van der Waals surface area (Å²) >= 11 is 0. The number of hydrogen-bond donors (Lipinski definition) is 1. The highest BCUT2D eigenvalue weighted by molar-refractivity contribution is 5.49. The van der Waals surface area contributed by atoms with Crippen LogP contribution in [-0.4, -0.2) is 19.6 Å². The summed E-state index contributed by atoms with van der Waals surface area (Å²) in [4.78, 5) is 18.5. The average molecular weight is 206 g/mol. The lowest BCUT2D eigenvalue weighted by molar-refractivity contribution is 0.606. The first-order valence-electron chi connectivity index (χ1n) is 5.01. The second-order valence-corrected chi connectivity index (χ2v) is 4.09. The number of nitrogens with one attached hydrogen (secondary N) is 1. The summed E-state index contributed by atoms with van der Waals surface area (Å²) in [6.45, 7) is 6.06. The first kappa shape index (κ1) is 9.89. The van der Waals surface area contributed by atoms with Gasteiger partial charge in [0.05, 0.1) is 5.69 Å². The van der Waals surface area contributed by atoms with E-state index in [1.165, 1.54) is 6.33 Å². The standard InChI is InChI=1S/C10H14N4O/c1-6(2)4-8-13-7(3)9-10(15)11-5-12-14(8)9/h5-6H,4H2,1-3H3,(H,11,12,15). The molecule has 0 unspecified atom stereocenters. The van der Waals surface area contributed by atoms with Gasteiger partial charge in [0.1, 0.15) is 12.2 Å².